The van der Waals surface area contributed by atoms with Crippen LogP contribution in [0.4, 0.5) is 15.8 Å². The van der Waals surface area contributed by atoms with E-state index in [0.717, 1.165) is 12.8 Å². The smallest absolute Gasteiger partial charge is 0.143 e. The standard InChI is InChI=1S/C11H14ClFN2/c1-11(3-2-4-11)15-10-6-8(13)7(12)5-9(10)14/h5-6,15H,2-4,14H2,1H3. The molecular weight excluding hydrogens is 215 g/mol. The number of hydrogen-bond donors (Lipinski definition) is 2. The number of hydrogen-bond acceptors (Lipinski definition) is 2. The molecule has 1 fully saturated rings. The van der Waals surface area contributed by atoms with E-state index in [-0.39, 0.29) is 10.6 Å². The number of nitrogens with one attached hydrogen (secondary N) is 1. The first-order valence-electron chi connectivity index (χ1n) is 5.03. The van der Waals surface area contributed by atoms with Gasteiger partial charge in [-0.3, -0.25) is 0 Å². The summed E-state index contributed by atoms with van der Waals surface area (Å²) in [6.07, 6.45) is 3.40. The molecule has 0 heterocycles. The Labute approximate surface area is 93.6 Å². The van der Waals surface area contributed by atoms with E-state index < -0.39 is 5.82 Å². The van der Waals surface area contributed by atoms with Crippen LogP contribution in [0.1, 0.15) is 26.2 Å². The fraction of sp³-hybridized carbons (Fsp3) is 0.455. The summed E-state index contributed by atoms with van der Waals surface area (Å²) >= 11 is 5.62. The van der Waals surface area contributed by atoms with Gasteiger partial charge in [0, 0.05) is 11.6 Å². The molecule has 0 unspecified atom stereocenters. The monoisotopic (exact) mass is 228 g/mol. The highest BCUT2D eigenvalue weighted by atomic mass is 35.5. The van der Waals surface area contributed by atoms with Gasteiger partial charge in [-0.2, -0.15) is 0 Å². The second-order valence-corrected chi connectivity index (χ2v) is 4.80. The van der Waals surface area contributed by atoms with Crippen LogP contribution in [-0.2, 0) is 0 Å². The van der Waals surface area contributed by atoms with Crippen LogP contribution in [0.15, 0.2) is 12.1 Å². The molecule has 1 aromatic carbocycles. The third-order valence-electron chi connectivity index (χ3n) is 2.99. The molecular formula is C11H14ClFN2. The molecule has 0 radical (unpaired) electrons. The van der Waals surface area contributed by atoms with E-state index in [2.05, 4.69) is 12.2 Å². The lowest BCUT2D eigenvalue weighted by molar-refractivity contribution is 0.306. The second-order valence-electron chi connectivity index (χ2n) is 4.39. The van der Waals surface area contributed by atoms with Gasteiger partial charge >= 0.3 is 0 Å². The van der Waals surface area contributed by atoms with E-state index in [0.29, 0.717) is 11.4 Å². The molecule has 0 spiro atoms. The molecule has 0 bridgehead atoms. The maximum Gasteiger partial charge on any atom is 0.143 e. The Morgan fingerprint density at radius 1 is 1.47 bits per heavy atom. The highest BCUT2D eigenvalue weighted by molar-refractivity contribution is 6.31. The third-order valence-corrected chi connectivity index (χ3v) is 3.28. The van der Waals surface area contributed by atoms with Crippen LogP contribution in [0.2, 0.25) is 5.02 Å². The predicted molar refractivity (Wildman–Crippen MR) is 61.7 cm³/mol. The van der Waals surface area contributed by atoms with Gasteiger partial charge in [-0.05, 0) is 32.3 Å². The van der Waals surface area contributed by atoms with E-state index in [9.17, 15) is 4.39 Å². The number of halogens is 2. The van der Waals surface area contributed by atoms with E-state index in [1.807, 2.05) is 0 Å². The molecule has 1 saturated carbocycles. The van der Waals surface area contributed by atoms with Crippen LogP contribution < -0.4 is 11.1 Å². The van der Waals surface area contributed by atoms with Gasteiger partial charge in [-0.25, -0.2) is 4.39 Å². The molecule has 0 aromatic heterocycles. The minimum absolute atomic E-state index is 0.0639. The highest BCUT2D eigenvalue weighted by Gasteiger charge is 2.31. The second kappa shape index (κ2) is 3.56. The molecule has 0 aliphatic heterocycles. The summed E-state index contributed by atoms with van der Waals surface area (Å²) in [5.41, 5.74) is 6.96. The molecule has 3 N–H and O–H groups in total. The van der Waals surface area contributed by atoms with Gasteiger partial charge in [-0.1, -0.05) is 11.6 Å². The van der Waals surface area contributed by atoms with Crippen LogP contribution in [0.5, 0.6) is 0 Å². The van der Waals surface area contributed by atoms with Gasteiger partial charge in [0.1, 0.15) is 5.82 Å². The molecule has 15 heavy (non-hydrogen) atoms. The zero-order valence-corrected chi connectivity index (χ0v) is 9.37. The molecule has 1 aliphatic carbocycles. The number of nitrogen functional groups attached to an aromatic ring is 1. The minimum atomic E-state index is -0.434. The Balaban J connectivity index is 2.24. The lowest BCUT2D eigenvalue weighted by atomic mass is 9.78. The molecule has 2 rings (SSSR count). The number of nitrogens with two attached hydrogens (primary N) is 1. The molecule has 2 nitrogen and oxygen atoms in total. The maximum atomic E-state index is 13.2. The summed E-state index contributed by atoms with van der Waals surface area (Å²) in [7, 11) is 0. The quantitative estimate of drug-likeness (QED) is 0.762. The van der Waals surface area contributed by atoms with Crippen molar-refractivity contribution < 1.29 is 4.39 Å². The third kappa shape index (κ3) is 2.02. The van der Waals surface area contributed by atoms with Gasteiger partial charge in [0.25, 0.3) is 0 Å². The summed E-state index contributed by atoms with van der Waals surface area (Å²) < 4.78 is 13.2. The van der Waals surface area contributed by atoms with E-state index in [1.54, 1.807) is 0 Å². The van der Waals surface area contributed by atoms with Gasteiger partial charge in [0.2, 0.25) is 0 Å². The largest absolute Gasteiger partial charge is 0.397 e. The van der Waals surface area contributed by atoms with Crippen LogP contribution >= 0.6 is 11.6 Å². The summed E-state index contributed by atoms with van der Waals surface area (Å²) in [4.78, 5) is 0. The normalized spacial score (nSPS) is 18.3. The van der Waals surface area contributed by atoms with Gasteiger partial charge in [-0.15, -0.1) is 0 Å². The van der Waals surface area contributed by atoms with Crippen molar-refractivity contribution in [1.82, 2.24) is 0 Å². The van der Waals surface area contributed by atoms with Crippen molar-refractivity contribution in [2.75, 3.05) is 11.1 Å². The van der Waals surface area contributed by atoms with Crippen molar-refractivity contribution in [3.8, 4) is 0 Å². The predicted octanol–water partition coefficient (Wildman–Crippen LogP) is 3.42. The fourth-order valence-electron chi connectivity index (χ4n) is 1.83. The molecule has 0 saturated heterocycles. The first-order chi connectivity index (χ1) is 7.00. The summed E-state index contributed by atoms with van der Waals surface area (Å²) in [6, 6.07) is 2.81. The van der Waals surface area contributed by atoms with Gasteiger partial charge in [0.05, 0.1) is 16.4 Å². The van der Waals surface area contributed by atoms with Gasteiger partial charge < -0.3 is 11.1 Å². The van der Waals surface area contributed by atoms with E-state index in [4.69, 9.17) is 17.3 Å². The number of rotatable bonds is 2. The summed E-state index contributed by atoms with van der Waals surface area (Å²) in [5, 5.41) is 3.33. The first kappa shape index (κ1) is 10.6. The zero-order valence-electron chi connectivity index (χ0n) is 8.61. The highest BCUT2D eigenvalue weighted by Crippen LogP contribution is 2.37. The summed E-state index contributed by atoms with van der Waals surface area (Å²) in [6.45, 7) is 2.11. The molecule has 0 atom stereocenters. The SMILES string of the molecule is CC1(Nc2cc(F)c(Cl)cc2N)CCC1. The molecule has 0 amide bonds. The molecule has 82 valence electrons. The lowest BCUT2D eigenvalue weighted by Crippen LogP contribution is -2.41. The van der Waals surface area contributed by atoms with Crippen LogP contribution in [0, 0.1) is 5.82 Å². The van der Waals surface area contributed by atoms with E-state index in [1.165, 1.54) is 18.6 Å². The maximum absolute atomic E-state index is 13.2. The van der Waals surface area contributed by atoms with Gasteiger partial charge in [0.15, 0.2) is 0 Å². The van der Waals surface area contributed by atoms with Crippen LogP contribution in [-0.4, -0.2) is 5.54 Å². The van der Waals surface area contributed by atoms with Crippen molar-refractivity contribution in [3.63, 3.8) is 0 Å². The topological polar surface area (TPSA) is 38.0 Å². The van der Waals surface area contributed by atoms with Crippen molar-refractivity contribution in [2.45, 2.75) is 31.7 Å². The van der Waals surface area contributed by atoms with Crippen LogP contribution in [0.3, 0.4) is 0 Å². The first-order valence-corrected chi connectivity index (χ1v) is 5.41. The summed E-state index contributed by atoms with van der Waals surface area (Å²) in [5.74, 6) is -0.434. The minimum Gasteiger partial charge on any atom is -0.397 e. The Bertz CT molecular complexity index is 388. The fourth-order valence-corrected chi connectivity index (χ4v) is 2.00. The molecule has 4 heteroatoms. The zero-order chi connectivity index (χ0) is 11.1. The Morgan fingerprint density at radius 2 is 2.13 bits per heavy atom. The van der Waals surface area contributed by atoms with Crippen molar-refractivity contribution in [2.24, 2.45) is 0 Å². The Kier molecular flexibility index (Phi) is 2.51. The van der Waals surface area contributed by atoms with Crippen molar-refractivity contribution >= 4 is 23.0 Å². The van der Waals surface area contributed by atoms with Crippen LogP contribution in [0.25, 0.3) is 0 Å². The average Bonchev–Trinajstić information content (AvgIpc) is 2.11. The number of anilines is 2. The van der Waals surface area contributed by atoms with E-state index >= 15 is 0 Å². The lowest BCUT2D eigenvalue weighted by Gasteiger charge is -2.40. The average molecular weight is 229 g/mol. The van der Waals surface area contributed by atoms with Crippen molar-refractivity contribution in [1.29, 1.82) is 0 Å². The molecule has 1 aromatic rings. The Morgan fingerprint density at radius 3 is 2.67 bits per heavy atom. The van der Waals surface area contributed by atoms with Crippen molar-refractivity contribution in [3.05, 3.63) is 23.0 Å². The molecule has 1 aliphatic rings. The number of benzene rings is 1. The Hall–Kier alpha value is -0.960.